The molecule has 6 rings (SSSR count). The summed E-state index contributed by atoms with van der Waals surface area (Å²) in [6, 6.07) is 8.90. The van der Waals surface area contributed by atoms with Crippen molar-refractivity contribution < 1.29 is 19.1 Å². The van der Waals surface area contributed by atoms with E-state index in [2.05, 4.69) is 39.7 Å². The molecule has 1 aromatic carbocycles. The van der Waals surface area contributed by atoms with Crippen LogP contribution in [0, 0.1) is 0 Å². The summed E-state index contributed by atoms with van der Waals surface area (Å²) in [5, 5.41) is 12.2. The number of aromatic nitrogens is 2. The van der Waals surface area contributed by atoms with E-state index in [0.717, 1.165) is 50.3 Å². The number of fused-ring (bicyclic) bond motifs is 3. The number of carbonyl (C=O) groups excluding carboxylic acids is 3. The van der Waals surface area contributed by atoms with Crippen molar-refractivity contribution in [3.05, 3.63) is 46.3 Å². The Kier molecular flexibility index (Phi) is 8.38. The molecule has 3 N–H and O–H groups in total. The normalized spacial score (nSPS) is 18.7. The molecule has 222 valence electrons. The zero-order valence-electron chi connectivity index (χ0n) is 24.1. The fourth-order valence-corrected chi connectivity index (χ4v) is 7.06. The van der Waals surface area contributed by atoms with Gasteiger partial charge in [0, 0.05) is 37.8 Å². The number of nitrogens with one attached hydrogen (secondary N) is 3. The number of likely N-dealkylation sites (tertiary alicyclic amines) is 1. The fraction of sp³-hybridized carbons (Fsp3) is 0.467. The van der Waals surface area contributed by atoms with Crippen LogP contribution < -0.4 is 10.7 Å². The summed E-state index contributed by atoms with van der Waals surface area (Å²) >= 11 is 1.38. The highest BCUT2D eigenvalue weighted by atomic mass is 32.1. The molecule has 2 fully saturated rings. The lowest BCUT2D eigenvalue weighted by atomic mass is 10.0. The summed E-state index contributed by atoms with van der Waals surface area (Å²) < 4.78 is 5.33. The molecule has 12 heteroatoms. The van der Waals surface area contributed by atoms with Gasteiger partial charge in [0.05, 0.1) is 45.5 Å². The van der Waals surface area contributed by atoms with Gasteiger partial charge in [0.1, 0.15) is 5.69 Å². The molecule has 3 aliphatic rings. The molecular weight excluding hydrogens is 554 g/mol. The van der Waals surface area contributed by atoms with Crippen LogP contribution in [0.4, 0.5) is 10.5 Å². The van der Waals surface area contributed by atoms with E-state index in [0.29, 0.717) is 64.9 Å². The third kappa shape index (κ3) is 5.47. The van der Waals surface area contributed by atoms with E-state index in [4.69, 9.17) is 4.74 Å². The zero-order chi connectivity index (χ0) is 29.2. The lowest BCUT2D eigenvalue weighted by Crippen LogP contribution is -2.49. The lowest BCUT2D eigenvalue weighted by Gasteiger charge is -2.38. The first-order valence-corrected chi connectivity index (χ1v) is 15.6. The molecule has 42 heavy (non-hydrogen) atoms. The topological polar surface area (TPSA) is 123 Å². The van der Waals surface area contributed by atoms with Gasteiger partial charge in [-0.05, 0) is 50.6 Å². The third-order valence-corrected chi connectivity index (χ3v) is 9.46. The van der Waals surface area contributed by atoms with Gasteiger partial charge >= 0.3 is 6.03 Å². The molecule has 3 aromatic rings. The van der Waals surface area contributed by atoms with Gasteiger partial charge in [-0.2, -0.15) is 5.10 Å². The van der Waals surface area contributed by atoms with Gasteiger partial charge in [0.25, 0.3) is 5.91 Å². The van der Waals surface area contributed by atoms with Gasteiger partial charge in [-0.15, -0.1) is 11.3 Å². The quantitative estimate of drug-likeness (QED) is 0.283. The van der Waals surface area contributed by atoms with Crippen molar-refractivity contribution in [1.82, 2.24) is 30.4 Å². The van der Waals surface area contributed by atoms with Crippen LogP contribution in [0.15, 0.2) is 30.3 Å². The number of likely N-dealkylation sites (N-methyl/N-ethyl adjacent to an activating group) is 1. The van der Waals surface area contributed by atoms with Crippen molar-refractivity contribution in [2.75, 3.05) is 57.8 Å². The largest absolute Gasteiger partial charge is 0.379 e. The average molecular weight is 592 g/mol. The molecule has 0 spiro atoms. The Morgan fingerprint density at radius 3 is 2.69 bits per heavy atom. The number of nitrogens with zero attached hydrogens (tertiary/aromatic N) is 4. The summed E-state index contributed by atoms with van der Waals surface area (Å²) in [6.45, 7) is 10.2. The van der Waals surface area contributed by atoms with Crippen molar-refractivity contribution in [3.63, 3.8) is 0 Å². The number of hydrogen-bond acceptors (Lipinski definition) is 8. The second kappa shape index (κ2) is 12.3. The number of rotatable bonds is 8. The molecule has 1 unspecified atom stereocenters. The number of H-pyrrole nitrogens is 1. The van der Waals surface area contributed by atoms with Crippen LogP contribution in [0.3, 0.4) is 0 Å². The Morgan fingerprint density at radius 1 is 1.10 bits per heavy atom. The summed E-state index contributed by atoms with van der Waals surface area (Å²) in [5.74, 6) is -0.158. The number of thiophene rings is 1. The van der Waals surface area contributed by atoms with Crippen LogP contribution in [-0.4, -0.2) is 101 Å². The van der Waals surface area contributed by atoms with E-state index in [1.165, 1.54) is 11.3 Å². The predicted octanol–water partition coefficient (Wildman–Crippen LogP) is 4.05. The lowest BCUT2D eigenvalue weighted by molar-refractivity contribution is 0.0207. The number of amides is 3. The van der Waals surface area contributed by atoms with Crippen LogP contribution >= 0.6 is 11.3 Å². The highest BCUT2D eigenvalue weighted by Crippen LogP contribution is 2.44. The molecule has 1 atom stereocenters. The van der Waals surface area contributed by atoms with E-state index in [1.807, 2.05) is 23.1 Å². The molecule has 3 amide bonds. The molecule has 2 saturated heterocycles. The van der Waals surface area contributed by atoms with E-state index in [9.17, 15) is 14.4 Å². The number of hydrogen-bond donors (Lipinski definition) is 3. The smallest absolute Gasteiger partial charge is 0.333 e. The molecule has 0 saturated carbocycles. The zero-order valence-corrected chi connectivity index (χ0v) is 24.9. The number of ketones is 1. The number of urea groups is 1. The minimum atomic E-state index is -0.414. The maximum atomic E-state index is 13.8. The fourth-order valence-electron chi connectivity index (χ4n) is 6.10. The number of hydrazine groups is 1. The van der Waals surface area contributed by atoms with E-state index in [1.54, 1.807) is 17.1 Å². The Hall–Kier alpha value is -3.58. The highest BCUT2D eigenvalue weighted by Gasteiger charge is 2.36. The number of ether oxygens (including phenoxy) is 1. The van der Waals surface area contributed by atoms with Crippen molar-refractivity contribution in [3.8, 4) is 21.8 Å². The van der Waals surface area contributed by atoms with E-state index >= 15 is 0 Å². The molecule has 0 bridgehead atoms. The van der Waals surface area contributed by atoms with Crippen LogP contribution in [-0.2, 0) is 4.74 Å². The third-order valence-electron chi connectivity index (χ3n) is 8.37. The standard InChI is InChI=1S/C30H37N7O4S/c1-3-35(4-2)18-19-8-5-6-13-37(19)29(39)23-12-11-22(42-23)27-25-26(32-33-27)20-9-7-10-21(24(20)28(25)38)31-30(40)34-36-14-16-41-17-15-36/h7,9-12,19H,3-6,8,13-18H2,1-2H3,(H,32,33)(H2,31,34,40). The van der Waals surface area contributed by atoms with Crippen molar-refractivity contribution in [2.45, 2.75) is 39.2 Å². The van der Waals surface area contributed by atoms with Gasteiger partial charge in [-0.1, -0.05) is 26.0 Å². The molecule has 2 aliphatic heterocycles. The number of benzene rings is 1. The monoisotopic (exact) mass is 591 g/mol. The van der Waals surface area contributed by atoms with Crippen molar-refractivity contribution in [1.29, 1.82) is 0 Å². The van der Waals surface area contributed by atoms with Gasteiger partial charge in [0.15, 0.2) is 5.78 Å². The maximum Gasteiger partial charge on any atom is 0.333 e. The maximum absolute atomic E-state index is 13.8. The van der Waals surface area contributed by atoms with Crippen molar-refractivity contribution in [2.24, 2.45) is 0 Å². The average Bonchev–Trinajstić information content (AvgIpc) is 3.73. The van der Waals surface area contributed by atoms with Gasteiger partial charge in [-0.25, -0.2) is 9.80 Å². The number of anilines is 1. The number of carbonyl (C=O) groups is 3. The summed E-state index contributed by atoms with van der Waals surface area (Å²) in [4.78, 5) is 46.1. The van der Waals surface area contributed by atoms with Crippen LogP contribution in [0.2, 0.25) is 0 Å². The highest BCUT2D eigenvalue weighted by molar-refractivity contribution is 7.17. The molecular formula is C30H37N7O4S. The Morgan fingerprint density at radius 2 is 1.90 bits per heavy atom. The number of morpholine rings is 1. The Bertz CT molecular complexity index is 1470. The molecule has 11 nitrogen and oxygen atoms in total. The SMILES string of the molecule is CCN(CC)CC1CCCCN1C(=O)c1ccc(-c2[nH]nc3c2C(=O)c2c(NC(=O)NN4CCOCC4)cccc2-3)s1. The second-order valence-electron chi connectivity index (χ2n) is 10.8. The predicted molar refractivity (Wildman–Crippen MR) is 162 cm³/mol. The van der Waals surface area contributed by atoms with E-state index in [-0.39, 0.29) is 17.7 Å². The summed E-state index contributed by atoms with van der Waals surface area (Å²) in [6.07, 6.45) is 3.17. The number of piperidine rings is 1. The number of aromatic amines is 1. The first-order chi connectivity index (χ1) is 20.5. The molecule has 1 aliphatic carbocycles. The van der Waals surface area contributed by atoms with E-state index < -0.39 is 6.03 Å². The first-order valence-electron chi connectivity index (χ1n) is 14.8. The molecule has 2 aromatic heterocycles. The molecule has 4 heterocycles. The van der Waals surface area contributed by atoms with Crippen LogP contribution in [0.1, 0.15) is 58.7 Å². The first kappa shape index (κ1) is 28.5. The minimum Gasteiger partial charge on any atom is -0.379 e. The van der Waals surface area contributed by atoms with Gasteiger partial charge in [-0.3, -0.25) is 20.1 Å². The van der Waals surface area contributed by atoms with Gasteiger partial charge < -0.3 is 19.9 Å². The molecule has 0 radical (unpaired) electrons. The van der Waals surface area contributed by atoms with Crippen LogP contribution in [0.5, 0.6) is 0 Å². The van der Waals surface area contributed by atoms with Crippen LogP contribution in [0.25, 0.3) is 21.8 Å². The summed E-state index contributed by atoms with van der Waals surface area (Å²) in [5.41, 5.74) is 5.95. The van der Waals surface area contributed by atoms with Gasteiger partial charge in [0.2, 0.25) is 0 Å². The Balaban J connectivity index is 1.21. The summed E-state index contributed by atoms with van der Waals surface area (Å²) in [7, 11) is 0. The second-order valence-corrected chi connectivity index (χ2v) is 11.9. The van der Waals surface area contributed by atoms with Crippen molar-refractivity contribution >= 4 is 34.7 Å². The minimum absolute atomic E-state index is 0.0478. The Labute approximate surface area is 249 Å².